The van der Waals surface area contributed by atoms with Crippen molar-refractivity contribution in [1.29, 1.82) is 0 Å². The second kappa shape index (κ2) is 6.52. The minimum atomic E-state index is -0.803. The number of likely N-dealkylation sites (tertiary alicyclic amines) is 1. The molecule has 1 aliphatic heterocycles. The molecular formula is C15H21ClN2O3. The van der Waals surface area contributed by atoms with Crippen molar-refractivity contribution < 1.29 is 14.7 Å². The molecule has 0 bridgehead atoms. The maximum atomic E-state index is 12.7. The number of carbonyl (C=O) groups excluding carboxylic acids is 1. The van der Waals surface area contributed by atoms with E-state index in [1.807, 2.05) is 18.4 Å². The third kappa shape index (κ3) is 3.79. The van der Waals surface area contributed by atoms with E-state index in [1.54, 1.807) is 17.2 Å². The molecular weight excluding hydrogens is 292 g/mol. The van der Waals surface area contributed by atoms with Crippen LogP contribution in [0.5, 0.6) is 0 Å². The molecule has 1 amide bonds. The lowest BCUT2D eigenvalue weighted by Crippen LogP contribution is -2.41. The summed E-state index contributed by atoms with van der Waals surface area (Å²) < 4.78 is 1.87. The second-order valence-corrected chi connectivity index (χ2v) is 6.34. The number of halogens is 1. The van der Waals surface area contributed by atoms with E-state index in [2.05, 4.69) is 0 Å². The summed E-state index contributed by atoms with van der Waals surface area (Å²) >= 11 is 6.02. The van der Waals surface area contributed by atoms with Gasteiger partial charge >= 0.3 is 5.97 Å². The summed E-state index contributed by atoms with van der Waals surface area (Å²) in [7, 11) is 0. The molecule has 1 fully saturated rings. The highest BCUT2D eigenvalue weighted by Gasteiger charge is 2.28. The van der Waals surface area contributed by atoms with E-state index in [4.69, 9.17) is 16.7 Å². The largest absolute Gasteiger partial charge is 0.481 e. The molecule has 0 aromatic carbocycles. The van der Waals surface area contributed by atoms with Gasteiger partial charge in [-0.3, -0.25) is 9.59 Å². The molecule has 1 saturated heterocycles. The van der Waals surface area contributed by atoms with Crippen molar-refractivity contribution in [2.24, 2.45) is 5.92 Å². The van der Waals surface area contributed by atoms with Gasteiger partial charge in [-0.1, -0.05) is 11.6 Å². The van der Waals surface area contributed by atoms with E-state index >= 15 is 0 Å². The number of rotatable bonds is 4. The molecule has 1 aromatic rings. The van der Waals surface area contributed by atoms with Crippen molar-refractivity contribution in [3.05, 3.63) is 23.0 Å². The predicted molar refractivity (Wildman–Crippen MR) is 80.7 cm³/mol. The molecule has 2 rings (SSSR count). The fraction of sp³-hybridized carbons (Fsp3) is 0.600. The van der Waals surface area contributed by atoms with Crippen molar-refractivity contribution in [3.63, 3.8) is 0 Å². The van der Waals surface area contributed by atoms with Gasteiger partial charge in [0.25, 0.3) is 5.91 Å². The van der Waals surface area contributed by atoms with Crippen LogP contribution in [0.2, 0.25) is 5.02 Å². The van der Waals surface area contributed by atoms with Crippen LogP contribution in [0.3, 0.4) is 0 Å². The van der Waals surface area contributed by atoms with Gasteiger partial charge in [0.2, 0.25) is 0 Å². The Labute approximate surface area is 129 Å². The van der Waals surface area contributed by atoms with Crippen LogP contribution < -0.4 is 0 Å². The minimum absolute atomic E-state index is 0.0399. The highest BCUT2D eigenvalue weighted by atomic mass is 35.5. The number of amides is 1. The molecule has 0 aliphatic carbocycles. The van der Waals surface area contributed by atoms with Gasteiger partial charge in [-0.25, -0.2) is 0 Å². The number of carbonyl (C=O) groups is 2. The van der Waals surface area contributed by atoms with Gasteiger partial charge in [-0.15, -0.1) is 0 Å². The van der Waals surface area contributed by atoms with E-state index in [-0.39, 0.29) is 24.3 Å². The molecule has 21 heavy (non-hydrogen) atoms. The zero-order valence-corrected chi connectivity index (χ0v) is 13.1. The number of nitrogens with zero attached hydrogens (tertiary/aromatic N) is 2. The molecule has 0 saturated carbocycles. The summed E-state index contributed by atoms with van der Waals surface area (Å²) in [5, 5.41) is 9.45. The topological polar surface area (TPSA) is 62.5 Å². The van der Waals surface area contributed by atoms with Crippen LogP contribution >= 0.6 is 11.6 Å². The number of carboxylic acids is 1. The lowest BCUT2D eigenvalue weighted by atomic mass is 9.94. The molecule has 2 heterocycles. The molecule has 1 atom stereocenters. The number of carboxylic acid groups (broad SMARTS) is 1. The summed E-state index contributed by atoms with van der Waals surface area (Å²) in [5.41, 5.74) is 0.575. The van der Waals surface area contributed by atoms with E-state index in [0.29, 0.717) is 23.8 Å². The van der Waals surface area contributed by atoms with E-state index in [9.17, 15) is 9.59 Å². The molecule has 5 nitrogen and oxygen atoms in total. The van der Waals surface area contributed by atoms with Crippen LogP contribution in [0, 0.1) is 5.92 Å². The molecule has 1 aromatic heterocycles. The quantitative estimate of drug-likeness (QED) is 0.929. The Balaban J connectivity index is 2.14. The highest BCUT2D eigenvalue weighted by Crippen LogP contribution is 2.24. The first-order valence-electron chi connectivity index (χ1n) is 7.27. The molecule has 6 heteroatoms. The van der Waals surface area contributed by atoms with Gasteiger partial charge in [0.15, 0.2) is 0 Å². The first-order valence-corrected chi connectivity index (χ1v) is 7.64. The minimum Gasteiger partial charge on any atom is -0.481 e. The maximum Gasteiger partial charge on any atom is 0.303 e. The van der Waals surface area contributed by atoms with Gasteiger partial charge in [-0.2, -0.15) is 0 Å². The predicted octanol–water partition coefficient (Wildman–Crippen LogP) is 3.05. The van der Waals surface area contributed by atoms with Crippen LogP contribution in [-0.4, -0.2) is 39.5 Å². The Morgan fingerprint density at radius 1 is 1.48 bits per heavy atom. The Morgan fingerprint density at radius 2 is 2.19 bits per heavy atom. The van der Waals surface area contributed by atoms with Gasteiger partial charge in [-0.05, 0) is 38.7 Å². The van der Waals surface area contributed by atoms with Gasteiger partial charge < -0.3 is 14.6 Å². The van der Waals surface area contributed by atoms with Crippen molar-refractivity contribution in [1.82, 2.24) is 9.47 Å². The number of hydrogen-bond acceptors (Lipinski definition) is 2. The highest BCUT2D eigenvalue weighted by molar-refractivity contribution is 6.31. The Morgan fingerprint density at radius 3 is 2.81 bits per heavy atom. The zero-order chi connectivity index (χ0) is 15.6. The smallest absolute Gasteiger partial charge is 0.303 e. The van der Waals surface area contributed by atoms with Crippen molar-refractivity contribution in [2.75, 3.05) is 13.1 Å². The monoisotopic (exact) mass is 312 g/mol. The van der Waals surface area contributed by atoms with Gasteiger partial charge in [0.05, 0.1) is 5.02 Å². The number of aromatic nitrogens is 1. The van der Waals surface area contributed by atoms with Crippen molar-refractivity contribution >= 4 is 23.5 Å². The summed E-state index contributed by atoms with van der Waals surface area (Å²) in [6, 6.07) is 1.83. The first kappa shape index (κ1) is 15.9. The van der Waals surface area contributed by atoms with Crippen molar-refractivity contribution in [3.8, 4) is 0 Å². The lowest BCUT2D eigenvalue weighted by molar-refractivity contribution is -0.138. The number of hydrogen-bond donors (Lipinski definition) is 1. The molecule has 0 radical (unpaired) electrons. The fourth-order valence-electron chi connectivity index (χ4n) is 2.87. The van der Waals surface area contributed by atoms with Gasteiger partial charge in [0.1, 0.15) is 5.69 Å². The average molecular weight is 313 g/mol. The second-order valence-electron chi connectivity index (χ2n) is 5.90. The molecule has 1 unspecified atom stereocenters. The average Bonchev–Trinajstić information content (AvgIpc) is 2.80. The normalized spacial score (nSPS) is 19.0. The Kier molecular flexibility index (Phi) is 4.93. The van der Waals surface area contributed by atoms with Crippen LogP contribution in [0.4, 0.5) is 0 Å². The zero-order valence-electron chi connectivity index (χ0n) is 12.4. The van der Waals surface area contributed by atoms with Crippen LogP contribution in [0.1, 0.15) is 49.6 Å². The fourth-order valence-corrected chi connectivity index (χ4v) is 3.08. The SMILES string of the molecule is CC(C)n1cc(Cl)cc1C(=O)N1CCCC(CC(=O)O)C1. The Hall–Kier alpha value is -1.49. The van der Waals surface area contributed by atoms with Crippen LogP contribution in [0.25, 0.3) is 0 Å². The summed E-state index contributed by atoms with van der Waals surface area (Å²) in [4.78, 5) is 25.3. The van der Waals surface area contributed by atoms with Crippen molar-refractivity contribution in [2.45, 2.75) is 39.2 Å². The summed E-state index contributed by atoms with van der Waals surface area (Å²) in [5.74, 6) is -0.827. The molecule has 116 valence electrons. The third-order valence-electron chi connectivity index (χ3n) is 3.86. The summed E-state index contributed by atoms with van der Waals surface area (Å²) in [6.07, 6.45) is 3.59. The molecule has 1 N–H and O–H groups in total. The standard InChI is InChI=1S/C15H21ClN2O3/c1-10(2)18-9-12(16)7-13(18)15(21)17-5-3-4-11(8-17)6-14(19)20/h7,9-11H,3-6,8H2,1-2H3,(H,19,20). The molecule has 0 spiro atoms. The lowest BCUT2D eigenvalue weighted by Gasteiger charge is -2.32. The van der Waals surface area contributed by atoms with E-state index in [1.165, 1.54) is 0 Å². The number of aliphatic carboxylic acids is 1. The molecule has 1 aliphatic rings. The van der Waals surface area contributed by atoms with Crippen LogP contribution in [-0.2, 0) is 4.79 Å². The van der Waals surface area contributed by atoms with Crippen LogP contribution in [0.15, 0.2) is 12.3 Å². The first-order chi connectivity index (χ1) is 9.88. The van der Waals surface area contributed by atoms with E-state index in [0.717, 1.165) is 12.8 Å². The van der Waals surface area contributed by atoms with E-state index < -0.39 is 5.97 Å². The summed E-state index contributed by atoms with van der Waals surface area (Å²) in [6.45, 7) is 5.18. The number of piperidine rings is 1. The van der Waals surface area contributed by atoms with Gasteiger partial charge in [0, 0.05) is 31.7 Å². The Bertz CT molecular complexity index is 539. The maximum absolute atomic E-state index is 12.7. The third-order valence-corrected chi connectivity index (χ3v) is 4.07.